The van der Waals surface area contributed by atoms with E-state index in [1.54, 1.807) is 18.2 Å². The van der Waals surface area contributed by atoms with Crippen molar-refractivity contribution in [2.75, 3.05) is 0 Å². The molecule has 0 saturated heterocycles. The van der Waals surface area contributed by atoms with Crippen LogP contribution in [0.2, 0.25) is 0 Å². The summed E-state index contributed by atoms with van der Waals surface area (Å²) < 4.78 is 3.02. The molecule has 0 saturated carbocycles. The molecule has 0 aromatic heterocycles. The van der Waals surface area contributed by atoms with E-state index in [4.69, 9.17) is 5.26 Å². The predicted octanol–water partition coefficient (Wildman–Crippen LogP) is 4.00. The Morgan fingerprint density at radius 1 is 1.08 bits per heavy atom. The van der Waals surface area contributed by atoms with E-state index in [-0.39, 0.29) is 0 Å². The molecule has 3 aromatic rings. The fourth-order valence-corrected chi connectivity index (χ4v) is 3.34. The van der Waals surface area contributed by atoms with Gasteiger partial charge in [-0.15, -0.1) is 0 Å². The summed E-state index contributed by atoms with van der Waals surface area (Å²) in [4.78, 5) is 12.5. The first-order valence-electron chi connectivity index (χ1n) is 7.79. The lowest BCUT2D eigenvalue weighted by Crippen LogP contribution is -2.34. The van der Waals surface area contributed by atoms with Gasteiger partial charge in [-0.1, -0.05) is 42.5 Å². The van der Waals surface area contributed by atoms with Crippen LogP contribution >= 0.6 is 11.9 Å². The van der Waals surface area contributed by atoms with Gasteiger partial charge in [0.15, 0.2) is 0 Å². The Bertz CT molecular complexity index is 950. The van der Waals surface area contributed by atoms with Gasteiger partial charge in [-0.2, -0.15) is 5.26 Å². The molecule has 0 fully saturated rings. The van der Waals surface area contributed by atoms with Crippen LogP contribution in [0.4, 0.5) is 0 Å². The first-order valence-corrected chi connectivity index (χ1v) is 8.60. The Kier molecular flexibility index (Phi) is 5.34. The van der Waals surface area contributed by atoms with Crippen LogP contribution in [-0.4, -0.2) is 17.1 Å². The number of fused-ring (bicyclic) bond motifs is 1. The summed E-state index contributed by atoms with van der Waals surface area (Å²) in [6.07, 6.45) is 0.311. The number of carbonyl (C=O) groups is 1. The minimum Gasteiger partial charge on any atom is -0.480 e. The Labute approximate surface area is 150 Å². The van der Waals surface area contributed by atoms with Crippen LogP contribution in [0.15, 0.2) is 71.6 Å². The van der Waals surface area contributed by atoms with Crippen molar-refractivity contribution in [3.05, 3.63) is 77.9 Å². The highest BCUT2D eigenvalue weighted by Gasteiger charge is 2.18. The van der Waals surface area contributed by atoms with Crippen molar-refractivity contribution in [1.29, 1.82) is 5.26 Å². The van der Waals surface area contributed by atoms with Gasteiger partial charge in [0.25, 0.3) is 0 Å². The molecule has 0 spiro atoms. The van der Waals surface area contributed by atoms with Gasteiger partial charge in [0.1, 0.15) is 6.04 Å². The summed E-state index contributed by atoms with van der Waals surface area (Å²) in [6, 6.07) is 22.4. The van der Waals surface area contributed by atoms with Crippen molar-refractivity contribution in [2.24, 2.45) is 0 Å². The van der Waals surface area contributed by atoms with Crippen molar-refractivity contribution in [1.82, 2.24) is 4.72 Å². The predicted molar refractivity (Wildman–Crippen MR) is 99.2 cm³/mol. The number of carboxylic acids is 1. The lowest BCUT2D eigenvalue weighted by molar-refractivity contribution is -0.138. The highest BCUT2D eigenvalue weighted by molar-refractivity contribution is 7.97. The van der Waals surface area contributed by atoms with Gasteiger partial charge in [0, 0.05) is 4.90 Å². The van der Waals surface area contributed by atoms with Crippen molar-refractivity contribution >= 4 is 28.7 Å². The number of hydrogen-bond donors (Lipinski definition) is 2. The molecule has 0 radical (unpaired) electrons. The van der Waals surface area contributed by atoms with Gasteiger partial charge < -0.3 is 5.11 Å². The quantitative estimate of drug-likeness (QED) is 0.659. The number of hydrogen-bond acceptors (Lipinski definition) is 4. The lowest BCUT2D eigenvalue weighted by Gasteiger charge is -2.14. The molecule has 3 rings (SSSR count). The van der Waals surface area contributed by atoms with Gasteiger partial charge >= 0.3 is 5.97 Å². The second-order valence-electron chi connectivity index (χ2n) is 5.64. The van der Waals surface area contributed by atoms with E-state index < -0.39 is 12.0 Å². The third-order valence-electron chi connectivity index (χ3n) is 3.83. The molecule has 124 valence electrons. The Morgan fingerprint density at radius 2 is 1.88 bits per heavy atom. The van der Waals surface area contributed by atoms with E-state index in [2.05, 4.69) is 10.8 Å². The third-order valence-corrected chi connectivity index (χ3v) is 4.73. The number of nitrogens with one attached hydrogen (secondary N) is 1. The summed E-state index contributed by atoms with van der Waals surface area (Å²) >= 11 is 1.31. The van der Waals surface area contributed by atoms with Gasteiger partial charge in [0.2, 0.25) is 0 Å². The zero-order chi connectivity index (χ0) is 17.6. The van der Waals surface area contributed by atoms with E-state index >= 15 is 0 Å². The molecule has 25 heavy (non-hydrogen) atoms. The van der Waals surface area contributed by atoms with Crippen molar-refractivity contribution in [3.63, 3.8) is 0 Å². The molecule has 1 atom stereocenters. The van der Waals surface area contributed by atoms with E-state index in [1.807, 2.05) is 48.5 Å². The molecule has 4 nitrogen and oxygen atoms in total. The molecule has 0 bridgehead atoms. The highest BCUT2D eigenvalue weighted by atomic mass is 32.2. The first-order chi connectivity index (χ1) is 12.2. The molecular weight excluding hydrogens is 332 g/mol. The second kappa shape index (κ2) is 7.84. The van der Waals surface area contributed by atoms with Gasteiger partial charge in [-0.3, -0.25) is 4.79 Å². The summed E-state index contributed by atoms with van der Waals surface area (Å²) in [5, 5.41) is 20.7. The number of aliphatic carboxylic acids is 1. The fourth-order valence-electron chi connectivity index (χ4n) is 2.55. The van der Waals surface area contributed by atoms with Crippen molar-refractivity contribution < 1.29 is 9.90 Å². The Balaban J connectivity index is 1.70. The van der Waals surface area contributed by atoms with Crippen LogP contribution in [0.25, 0.3) is 10.8 Å². The van der Waals surface area contributed by atoms with Crippen molar-refractivity contribution in [2.45, 2.75) is 17.4 Å². The average Bonchev–Trinajstić information content (AvgIpc) is 2.65. The van der Waals surface area contributed by atoms with Crippen molar-refractivity contribution in [3.8, 4) is 6.07 Å². The maximum absolute atomic E-state index is 11.6. The SMILES string of the molecule is N#Cc1cccc(CC(NSc2ccc3ccccc3c2)C(=O)O)c1. The minimum absolute atomic E-state index is 0.311. The molecule has 0 heterocycles. The summed E-state index contributed by atoms with van der Waals surface area (Å²) in [5.74, 6) is -0.921. The van der Waals surface area contributed by atoms with Gasteiger partial charge in [0.05, 0.1) is 11.6 Å². The Hall–Kier alpha value is -2.81. The molecule has 0 aliphatic carbocycles. The monoisotopic (exact) mass is 348 g/mol. The average molecular weight is 348 g/mol. The third kappa shape index (κ3) is 4.38. The zero-order valence-electron chi connectivity index (χ0n) is 13.3. The molecule has 0 aliphatic rings. The molecule has 0 amide bonds. The summed E-state index contributed by atoms with van der Waals surface area (Å²) in [7, 11) is 0. The molecule has 5 heteroatoms. The highest BCUT2D eigenvalue weighted by Crippen LogP contribution is 2.22. The van der Waals surface area contributed by atoms with Crippen LogP contribution in [0.5, 0.6) is 0 Å². The number of nitriles is 1. The number of carboxylic acid groups (broad SMARTS) is 1. The Morgan fingerprint density at radius 3 is 2.64 bits per heavy atom. The largest absolute Gasteiger partial charge is 0.480 e. The molecule has 0 aliphatic heterocycles. The molecule has 1 unspecified atom stereocenters. The van der Waals surface area contributed by atoms with Gasteiger partial charge in [-0.25, -0.2) is 4.72 Å². The van der Waals surface area contributed by atoms with Crippen LogP contribution in [0.1, 0.15) is 11.1 Å². The minimum atomic E-state index is -0.921. The van der Waals surface area contributed by atoms with Gasteiger partial charge in [-0.05, 0) is 59.0 Å². The van der Waals surface area contributed by atoms with Crippen LogP contribution < -0.4 is 4.72 Å². The van der Waals surface area contributed by atoms with E-state index in [1.165, 1.54) is 11.9 Å². The van der Waals surface area contributed by atoms with Crippen LogP contribution in [0.3, 0.4) is 0 Å². The standard InChI is InChI=1S/C20H16N2O2S/c21-13-15-5-3-4-14(10-15)11-19(20(23)24)22-25-18-9-8-16-6-1-2-7-17(16)12-18/h1-10,12,19,22H,11H2,(H,23,24). The smallest absolute Gasteiger partial charge is 0.321 e. The summed E-state index contributed by atoms with van der Waals surface area (Å²) in [6.45, 7) is 0. The molecule has 3 aromatic carbocycles. The maximum Gasteiger partial charge on any atom is 0.321 e. The topological polar surface area (TPSA) is 73.1 Å². The second-order valence-corrected chi connectivity index (χ2v) is 6.55. The normalized spacial score (nSPS) is 11.8. The van der Waals surface area contributed by atoms with Crippen LogP contribution in [-0.2, 0) is 11.2 Å². The molecule has 2 N–H and O–H groups in total. The summed E-state index contributed by atoms with van der Waals surface area (Å²) in [5.41, 5.74) is 1.35. The lowest BCUT2D eigenvalue weighted by atomic mass is 10.0. The van der Waals surface area contributed by atoms with E-state index in [0.717, 1.165) is 21.2 Å². The number of nitrogens with zero attached hydrogens (tertiary/aromatic N) is 1. The zero-order valence-corrected chi connectivity index (χ0v) is 14.2. The fraction of sp³-hybridized carbons (Fsp3) is 0.100. The first kappa shape index (κ1) is 17.0. The van der Waals surface area contributed by atoms with E-state index in [9.17, 15) is 9.90 Å². The maximum atomic E-state index is 11.6. The number of benzene rings is 3. The number of rotatable bonds is 6. The van der Waals surface area contributed by atoms with Crippen LogP contribution in [0, 0.1) is 11.3 Å². The molecular formula is C20H16N2O2S. The van der Waals surface area contributed by atoms with E-state index in [0.29, 0.717) is 12.0 Å².